The second kappa shape index (κ2) is 5.89. The van der Waals surface area contributed by atoms with E-state index in [4.69, 9.17) is 11.5 Å². The minimum Gasteiger partial charge on any atom is -0.392 e. The third-order valence-corrected chi connectivity index (χ3v) is 2.99. The van der Waals surface area contributed by atoms with Crippen LogP contribution in [0.4, 0.5) is 11.5 Å². The first kappa shape index (κ1) is 13.6. The van der Waals surface area contributed by atoms with E-state index in [1.54, 1.807) is 12.3 Å². The molecule has 0 aliphatic heterocycles. The Morgan fingerprint density at radius 2 is 2.15 bits per heavy atom. The molecule has 20 heavy (non-hydrogen) atoms. The van der Waals surface area contributed by atoms with Gasteiger partial charge in [0.1, 0.15) is 5.82 Å². The van der Waals surface area contributed by atoms with Crippen LogP contribution in [0.3, 0.4) is 0 Å². The standard InChI is InChI=1S/C16H18N4/c1-11-3-6-15(19-2)10-12(11)4-5-14(17)9-13-7-8-20-16(13)18/h3,6-10,19-20H,17-18H2,1-2H3/b14-9-. The minimum atomic E-state index is 0.477. The average Bonchev–Trinajstić information content (AvgIpc) is 2.83. The Labute approximate surface area is 118 Å². The quantitative estimate of drug-likeness (QED) is 0.630. The normalized spacial score (nSPS) is 10.8. The molecule has 2 aromatic rings. The third kappa shape index (κ3) is 3.15. The summed E-state index contributed by atoms with van der Waals surface area (Å²) in [6.07, 6.45) is 3.53. The van der Waals surface area contributed by atoms with Crippen LogP contribution in [-0.2, 0) is 0 Å². The molecular formula is C16H18N4. The first-order valence-corrected chi connectivity index (χ1v) is 6.30. The van der Waals surface area contributed by atoms with E-state index in [2.05, 4.69) is 22.1 Å². The molecule has 0 fully saturated rings. The van der Waals surface area contributed by atoms with Gasteiger partial charge in [0.2, 0.25) is 0 Å². The Morgan fingerprint density at radius 3 is 2.80 bits per heavy atom. The van der Waals surface area contributed by atoms with Crippen molar-refractivity contribution < 1.29 is 0 Å². The fourth-order valence-electron chi connectivity index (χ4n) is 1.78. The van der Waals surface area contributed by atoms with Crippen LogP contribution in [0.2, 0.25) is 0 Å². The van der Waals surface area contributed by atoms with E-state index in [0.29, 0.717) is 11.5 Å². The summed E-state index contributed by atoms with van der Waals surface area (Å²) in [5.74, 6) is 6.62. The van der Waals surface area contributed by atoms with Gasteiger partial charge < -0.3 is 21.8 Å². The van der Waals surface area contributed by atoms with Crippen molar-refractivity contribution in [2.75, 3.05) is 18.1 Å². The topological polar surface area (TPSA) is 79.9 Å². The number of nitrogens with one attached hydrogen (secondary N) is 2. The Morgan fingerprint density at radius 1 is 1.35 bits per heavy atom. The molecule has 0 amide bonds. The van der Waals surface area contributed by atoms with Crippen molar-refractivity contribution in [1.29, 1.82) is 0 Å². The van der Waals surface area contributed by atoms with Crippen LogP contribution >= 0.6 is 0 Å². The fraction of sp³-hybridized carbons (Fsp3) is 0.125. The molecule has 4 heteroatoms. The lowest BCUT2D eigenvalue weighted by atomic mass is 10.1. The minimum absolute atomic E-state index is 0.477. The van der Waals surface area contributed by atoms with Gasteiger partial charge in [-0.2, -0.15) is 0 Å². The van der Waals surface area contributed by atoms with Crippen molar-refractivity contribution in [2.45, 2.75) is 6.92 Å². The summed E-state index contributed by atoms with van der Waals surface area (Å²) in [6, 6.07) is 7.90. The highest BCUT2D eigenvalue weighted by Crippen LogP contribution is 2.14. The Balaban J connectivity index is 2.27. The van der Waals surface area contributed by atoms with E-state index in [1.807, 2.05) is 38.2 Å². The summed E-state index contributed by atoms with van der Waals surface area (Å²) >= 11 is 0. The van der Waals surface area contributed by atoms with E-state index in [1.165, 1.54) is 0 Å². The highest BCUT2D eigenvalue weighted by molar-refractivity contribution is 5.66. The van der Waals surface area contributed by atoms with E-state index < -0.39 is 0 Å². The van der Waals surface area contributed by atoms with E-state index in [0.717, 1.165) is 22.4 Å². The number of aromatic amines is 1. The number of H-pyrrole nitrogens is 1. The number of aromatic nitrogens is 1. The molecule has 0 bridgehead atoms. The average molecular weight is 266 g/mol. The summed E-state index contributed by atoms with van der Waals surface area (Å²) in [7, 11) is 1.88. The molecule has 1 heterocycles. The molecule has 4 nitrogen and oxygen atoms in total. The van der Waals surface area contributed by atoms with Gasteiger partial charge in [-0.25, -0.2) is 0 Å². The van der Waals surface area contributed by atoms with Crippen LogP contribution in [0.5, 0.6) is 0 Å². The number of nitrogen functional groups attached to an aromatic ring is 1. The Bertz CT molecular complexity index is 699. The van der Waals surface area contributed by atoms with Crippen LogP contribution in [0.25, 0.3) is 6.08 Å². The van der Waals surface area contributed by atoms with Crippen LogP contribution in [0.15, 0.2) is 36.2 Å². The van der Waals surface area contributed by atoms with E-state index in [-0.39, 0.29) is 0 Å². The maximum Gasteiger partial charge on any atom is 0.108 e. The van der Waals surface area contributed by atoms with Crippen molar-refractivity contribution in [3.8, 4) is 11.8 Å². The summed E-state index contributed by atoms with van der Waals surface area (Å²) in [4.78, 5) is 2.89. The second-order valence-corrected chi connectivity index (χ2v) is 4.48. The lowest BCUT2D eigenvalue weighted by Crippen LogP contribution is -1.95. The van der Waals surface area contributed by atoms with Gasteiger partial charge >= 0.3 is 0 Å². The largest absolute Gasteiger partial charge is 0.392 e. The maximum absolute atomic E-state index is 5.90. The fourth-order valence-corrected chi connectivity index (χ4v) is 1.78. The third-order valence-electron chi connectivity index (χ3n) is 2.99. The van der Waals surface area contributed by atoms with Crippen molar-refractivity contribution in [1.82, 2.24) is 4.98 Å². The zero-order valence-corrected chi connectivity index (χ0v) is 11.6. The molecule has 0 spiro atoms. The molecule has 2 rings (SSSR count). The van der Waals surface area contributed by atoms with Gasteiger partial charge in [-0.05, 0) is 42.7 Å². The maximum atomic E-state index is 5.90. The Hall–Kier alpha value is -2.80. The van der Waals surface area contributed by atoms with Crippen LogP contribution in [0, 0.1) is 18.8 Å². The summed E-state index contributed by atoms with van der Waals surface area (Å²) in [5, 5.41) is 3.09. The number of nitrogens with two attached hydrogens (primary N) is 2. The van der Waals surface area contributed by atoms with Crippen molar-refractivity contribution >= 4 is 17.6 Å². The first-order valence-electron chi connectivity index (χ1n) is 6.30. The van der Waals surface area contributed by atoms with Gasteiger partial charge in [0, 0.05) is 30.1 Å². The second-order valence-electron chi connectivity index (χ2n) is 4.48. The molecule has 1 aromatic heterocycles. The SMILES string of the molecule is CNc1ccc(C)c(C#C/C(N)=C/c2cc[nH]c2N)c1. The van der Waals surface area contributed by atoms with Crippen molar-refractivity contribution in [3.05, 3.63) is 52.8 Å². The van der Waals surface area contributed by atoms with Gasteiger partial charge in [0.15, 0.2) is 0 Å². The number of rotatable bonds is 2. The van der Waals surface area contributed by atoms with Gasteiger partial charge in [0.05, 0.1) is 5.70 Å². The van der Waals surface area contributed by atoms with Gasteiger partial charge in [0.25, 0.3) is 0 Å². The predicted molar refractivity (Wildman–Crippen MR) is 85.0 cm³/mol. The molecule has 102 valence electrons. The molecule has 1 aromatic carbocycles. The van der Waals surface area contributed by atoms with E-state index in [9.17, 15) is 0 Å². The summed E-state index contributed by atoms with van der Waals surface area (Å²) in [5.41, 5.74) is 16.1. The highest BCUT2D eigenvalue weighted by Gasteiger charge is 1.98. The molecule has 0 saturated heterocycles. The monoisotopic (exact) mass is 266 g/mol. The number of benzene rings is 1. The first-order chi connectivity index (χ1) is 9.60. The zero-order chi connectivity index (χ0) is 14.5. The van der Waals surface area contributed by atoms with Crippen molar-refractivity contribution in [2.24, 2.45) is 5.73 Å². The number of hydrogen-bond donors (Lipinski definition) is 4. The van der Waals surface area contributed by atoms with Crippen LogP contribution in [-0.4, -0.2) is 12.0 Å². The molecule has 0 aliphatic carbocycles. The zero-order valence-electron chi connectivity index (χ0n) is 11.6. The molecule has 0 atom stereocenters. The lowest BCUT2D eigenvalue weighted by molar-refractivity contribution is 1.40. The number of anilines is 2. The number of hydrogen-bond acceptors (Lipinski definition) is 3. The summed E-state index contributed by atoms with van der Waals surface area (Å²) in [6.45, 7) is 2.02. The van der Waals surface area contributed by atoms with Crippen molar-refractivity contribution in [3.63, 3.8) is 0 Å². The molecule has 0 saturated carbocycles. The number of aryl methyl sites for hydroxylation is 1. The predicted octanol–water partition coefficient (Wildman–Crippen LogP) is 2.30. The van der Waals surface area contributed by atoms with Crippen LogP contribution < -0.4 is 16.8 Å². The Kier molecular flexibility index (Phi) is 4.02. The highest BCUT2D eigenvalue weighted by atomic mass is 14.8. The van der Waals surface area contributed by atoms with Crippen LogP contribution in [0.1, 0.15) is 16.7 Å². The smallest absolute Gasteiger partial charge is 0.108 e. The van der Waals surface area contributed by atoms with Gasteiger partial charge in [-0.3, -0.25) is 0 Å². The molecule has 0 unspecified atom stereocenters. The van der Waals surface area contributed by atoms with E-state index >= 15 is 0 Å². The molecular weight excluding hydrogens is 248 g/mol. The molecule has 6 N–H and O–H groups in total. The summed E-state index contributed by atoms with van der Waals surface area (Å²) < 4.78 is 0. The molecule has 0 radical (unpaired) electrons. The lowest BCUT2D eigenvalue weighted by Gasteiger charge is -2.02. The molecule has 0 aliphatic rings. The van der Waals surface area contributed by atoms with Gasteiger partial charge in [-0.1, -0.05) is 12.0 Å². The number of allylic oxidation sites excluding steroid dienone is 1. The van der Waals surface area contributed by atoms with Gasteiger partial charge in [-0.15, -0.1) is 0 Å².